The molecule has 0 spiro atoms. The Morgan fingerprint density at radius 2 is 0.640 bits per heavy atom. The number of fused-ring (bicyclic) bond motifs is 8. The fraction of sp³-hybridized carbons (Fsp3) is 0. The van der Waals surface area contributed by atoms with Crippen LogP contribution in [0.25, 0.3) is 98.0 Å². The SMILES string of the molecule is Brc1ccc(-c2c3ccccc3cc3c2ccc2c(-c4cccc5c4ccc4c(-c6ccc(Br)cc6)c6ccccc6cc45)cccc23)cc1. The lowest BCUT2D eigenvalue weighted by Crippen LogP contribution is -1.90. The molecule has 0 unspecified atom stereocenters. The molecule has 0 bridgehead atoms. The molecular formula is C48H28Br2. The standard InChI is InChI=1S/C48H28Br2/c49-33-19-15-29(16-20-33)47-35-9-3-1-7-31(35)27-45-39-13-5-11-37(41(39)23-25-43(45)47)38-12-6-14-40-42(38)24-26-44-46(40)28-32-8-2-4-10-36(32)48(44)30-17-21-34(50)22-18-30/h1-28H. The minimum absolute atomic E-state index is 1.08. The Morgan fingerprint density at radius 1 is 0.260 bits per heavy atom. The van der Waals surface area contributed by atoms with Gasteiger partial charge in [0.15, 0.2) is 0 Å². The van der Waals surface area contributed by atoms with E-state index in [-0.39, 0.29) is 0 Å². The summed E-state index contributed by atoms with van der Waals surface area (Å²) in [6.45, 7) is 0. The van der Waals surface area contributed by atoms with Crippen molar-refractivity contribution in [3.05, 3.63) is 179 Å². The molecule has 50 heavy (non-hydrogen) atoms. The van der Waals surface area contributed by atoms with Crippen LogP contribution in [0.3, 0.4) is 0 Å². The van der Waals surface area contributed by atoms with E-state index in [1.807, 2.05) is 0 Å². The first-order chi connectivity index (χ1) is 24.6. The molecule has 0 saturated heterocycles. The summed E-state index contributed by atoms with van der Waals surface area (Å²) in [7, 11) is 0. The van der Waals surface area contributed by atoms with E-state index < -0.39 is 0 Å². The fourth-order valence-electron chi connectivity index (χ4n) is 8.14. The van der Waals surface area contributed by atoms with Crippen LogP contribution in [0, 0.1) is 0 Å². The second-order valence-corrected chi connectivity index (χ2v) is 14.9. The van der Waals surface area contributed by atoms with Crippen LogP contribution in [-0.2, 0) is 0 Å². The van der Waals surface area contributed by atoms with Gasteiger partial charge in [-0.05, 0) is 134 Å². The molecular weight excluding hydrogens is 736 g/mol. The van der Waals surface area contributed by atoms with Crippen molar-refractivity contribution in [3.8, 4) is 33.4 Å². The first-order valence-corrected chi connectivity index (χ1v) is 18.5. The quantitative estimate of drug-likeness (QED) is 0.124. The third-order valence-electron chi connectivity index (χ3n) is 10.4. The molecule has 10 rings (SSSR count). The lowest BCUT2D eigenvalue weighted by molar-refractivity contribution is 1.63. The van der Waals surface area contributed by atoms with E-state index in [1.54, 1.807) is 0 Å². The zero-order valence-corrected chi connectivity index (χ0v) is 30.1. The number of rotatable bonds is 3. The van der Waals surface area contributed by atoms with E-state index in [1.165, 1.54) is 98.0 Å². The van der Waals surface area contributed by atoms with Crippen molar-refractivity contribution in [1.82, 2.24) is 0 Å². The van der Waals surface area contributed by atoms with Gasteiger partial charge in [-0.3, -0.25) is 0 Å². The van der Waals surface area contributed by atoms with Crippen LogP contribution < -0.4 is 0 Å². The van der Waals surface area contributed by atoms with E-state index in [0.717, 1.165) is 8.95 Å². The van der Waals surface area contributed by atoms with Crippen molar-refractivity contribution in [2.75, 3.05) is 0 Å². The summed E-state index contributed by atoms with van der Waals surface area (Å²) in [5, 5.41) is 15.2. The van der Waals surface area contributed by atoms with Gasteiger partial charge in [0.25, 0.3) is 0 Å². The highest BCUT2D eigenvalue weighted by Crippen LogP contribution is 2.45. The fourth-order valence-corrected chi connectivity index (χ4v) is 8.67. The summed E-state index contributed by atoms with van der Waals surface area (Å²) in [6.07, 6.45) is 0. The molecule has 0 saturated carbocycles. The molecule has 0 radical (unpaired) electrons. The zero-order chi connectivity index (χ0) is 33.3. The Bertz CT molecular complexity index is 2770. The van der Waals surface area contributed by atoms with Gasteiger partial charge in [-0.1, -0.05) is 165 Å². The van der Waals surface area contributed by atoms with Crippen LogP contribution in [0.4, 0.5) is 0 Å². The van der Waals surface area contributed by atoms with E-state index in [0.29, 0.717) is 0 Å². The van der Waals surface area contributed by atoms with Crippen LogP contribution in [-0.4, -0.2) is 0 Å². The molecule has 0 N–H and O–H groups in total. The summed E-state index contributed by atoms with van der Waals surface area (Å²) in [5.41, 5.74) is 7.51. The van der Waals surface area contributed by atoms with Gasteiger partial charge in [0.05, 0.1) is 0 Å². The maximum Gasteiger partial charge on any atom is 0.0175 e. The summed E-state index contributed by atoms with van der Waals surface area (Å²) in [6, 6.07) is 62.7. The molecule has 2 heteroatoms. The first-order valence-electron chi connectivity index (χ1n) is 16.9. The molecule has 0 heterocycles. The van der Waals surface area contributed by atoms with Gasteiger partial charge in [-0.2, -0.15) is 0 Å². The Labute approximate surface area is 306 Å². The maximum atomic E-state index is 3.64. The van der Waals surface area contributed by atoms with Gasteiger partial charge in [-0.25, -0.2) is 0 Å². The van der Waals surface area contributed by atoms with E-state index in [4.69, 9.17) is 0 Å². The van der Waals surface area contributed by atoms with Crippen LogP contribution >= 0.6 is 31.9 Å². The van der Waals surface area contributed by atoms with Crippen LogP contribution in [0.15, 0.2) is 179 Å². The average Bonchev–Trinajstić information content (AvgIpc) is 3.16. The topological polar surface area (TPSA) is 0 Å². The van der Waals surface area contributed by atoms with E-state index >= 15 is 0 Å². The Kier molecular flexibility index (Phi) is 6.91. The molecule has 10 aromatic carbocycles. The van der Waals surface area contributed by atoms with Crippen molar-refractivity contribution in [3.63, 3.8) is 0 Å². The molecule has 10 aromatic rings. The smallest absolute Gasteiger partial charge is 0.0175 e. The van der Waals surface area contributed by atoms with Gasteiger partial charge < -0.3 is 0 Å². The Morgan fingerprint density at radius 3 is 1.08 bits per heavy atom. The van der Waals surface area contributed by atoms with Crippen molar-refractivity contribution < 1.29 is 0 Å². The first kappa shape index (κ1) is 29.6. The van der Waals surface area contributed by atoms with Crippen molar-refractivity contribution in [2.45, 2.75) is 0 Å². The lowest BCUT2D eigenvalue weighted by Gasteiger charge is -2.17. The highest BCUT2D eigenvalue weighted by atomic mass is 79.9. The average molecular weight is 765 g/mol. The van der Waals surface area contributed by atoms with E-state index in [2.05, 4.69) is 202 Å². The number of hydrogen-bond donors (Lipinski definition) is 0. The normalized spacial score (nSPS) is 11.8. The molecule has 0 fully saturated rings. The van der Waals surface area contributed by atoms with Crippen LogP contribution in [0.5, 0.6) is 0 Å². The third-order valence-corrected chi connectivity index (χ3v) is 11.4. The third kappa shape index (κ3) is 4.63. The second kappa shape index (κ2) is 11.7. The van der Waals surface area contributed by atoms with Gasteiger partial charge in [0.2, 0.25) is 0 Å². The number of hydrogen-bond acceptors (Lipinski definition) is 0. The zero-order valence-electron chi connectivity index (χ0n) is 26.9. The summed E-state index contributed by atoms with van der Waals surface area (Å²) < 4.78 is 2.17. The Hall–Kier alpha value is -5.28. The number of benzene rings is 10. The predicted octanol–water partition coefficient (Wildman–Crippen LogP) is 15.1. The highest BCUT2D eigenvalue weighted by Gasteiger charge is 2.17. The minimum Gasteiger partial charge on any atom is -0.0616 e. The largest absolute Gasteiger partial charge is 0.0616 e. The van der Waals surface area contributed by atoms with Gasteiger partial charge in [0.1, 0.15) is 0 Å². The van der Waals surface area contributed by atoms with Gasteiger partial charge >= 0.3 is 0 Å². The Balaban J connectivity index is 1.24. The number of halogens is 2. The monoisotopic (exact) mass is 762 g/mol. The molecule has 0 nitrogen and oxygen atoms in total. The van der Waals surface area contributed by atoms with Gasteiger partial charge in [-0.15, -0.1) is 0 Å². The molecule has 0 aliphatic carbocycles. The maximum absolute atomic E-state index is 3.64. The van der Waals surface area contributed by atoms with Crippen molar-refractivity contribution in [2.24, 2.45) is 0 Å². The molecule has 234 valence electrons. The molecule has 0 aromatic heterocycles. The van der Waals surface area contributed by atoms with E-state index in [9.17, 15) is 0 Å². The molecule has 0 atom stereocenters. The minimum atomic E-state index is 1.08. The highest BCUT2D eigenvalue weighted by molar-refractivity contribution is 9.10. The summed E-state index contributed by atoms with van der Waals surface area (Å²) in [4.78, 5) is 0. The van der Waals surface area contributed by atoms with Gasteiger partial charge in [0, 0.05) is 8.95 Å². The predicted molar refractivity (Wildman–Crippen MR) is 223 cm³/mol. The molecule has 0 aliphatic rings. The van der Waals surface area contributed by atoms with Crippen LogP contribution in [0.2, 0.25) is 0 Å². The lowest BCUT2D eigenvalue weighted by atomic mass is 9.86. The van der Waals surface area contributed by atoms with Crippen molar-refractivity contribution >= 4 is 96.5 Å². The summed E-state index contributed by atoms with van der Waals surface area (Å²) >= 11 is 7.27. The summed E-state index contributed by atoms with van der Waals surface area (Å²) in [5.74, 6) is 0. The molecule has 0 aliphatic heterocycles. The van der Waals surface area contributed by atoms with Crippen LogP contribution in [0.1, 0.15) is 0 Å². The second-order valence-electron chi connectivity index (χ2n) is 13.1. The molecule has 0 amide bonds. The van der Waals surface area contributed by atoms with Crippen molar-refractivity contribution in [1.29, 1.82) is 0 Å².